The second kappa shape index (κ2) is 6.02. The molecule has 0 aliphatic heterocycles. The van der Waals surface area contributed by atoms with Gasteiger partial charge in [-0.25, -0.2) is 9.18 Å². The van der Waals surface area contributed by atoms with Crippen LogP contribution in [0.2, 0.25) is 0 Å². The van der Waals surface area contributed by atoms with E-state index in [4.69, 9.17) is 5.11 Å². The van der Waals surface area contributed by atoms with E-state index in [2.05, 4.69) is 20.9 Å². The predicted octanol–water partition coefficient (Wildman–Crippen LogP) is 0.155. The van der Waals surface area contributed by atoms with E-state index in [1.807, 2.05) is 0 Å². The Balaban J connectivity index is 2.46. The zero-order valence-corrected chi connectivity index (χ0v) is 12.0. The Morgan fingerprint density at radius 1 is 1.55 bits per heavy atom. The number of rotatable bonds is 3. The minimum atomic E-state index is -1.56. The number of H-pyrrole nitrogens is 1. The van der Waals surface area contributed by atoms with E-state index in [-0.39, 0.29) is 12.0 Å². The second-order valence-corrected chi connectivity index (χ2v) is 5.23. The van der Waals surface area contributed by atoms with Crippen LogP contribution >= 0.6 is 15.9 Å². The summed E-state index contributed by atoms with van der Waals surface area (Å²) in [5, 5.41) is 18.8. The second-order valence-electron chi connectivity index (χ2n) is 4.70. The van der Waals surface area contributed by atoms with E-state index in [1.54, 1.807) is 0 Å². The number of alkyl halides is 1. The third kappa shape index (κ3) is 2.63. The van der Waals surface area contributed by atoms with Gasteiger partial charge in [0, 0.05) is 12.1 Å². The molecule has 3 N–H and O–H groups in total. The Morgan fingerprint density at radius 3 is 2.80 bits per heavy atom. The highest BCUT2D eigenvalue weighted by molar-refractivity contribution is 9.11. The molecule has 1 heterocycles. The van der Waals surface area contributed by atoms with Crippen LogP contribution in [0.25, 0.3) is 6.08 Å². The zero-order valence-electron chi connectivity index (χ0n) is 10.4. The van der Waals surface area contributed by atoms with Crippen LogP contribution in [0.3, 0.4) is 0 Å². The highest BCUT2D eigenvalue weighted by Gasteiger charge is 2.44. The molecule has 0 amide bonds. The zero-order chi connectivity index (χ0) is 14.9. The average molecular weight is 349 g/mol. The van der Waals surface area contributed by atoms with Crippen molar-refractivity contribution in [3.63, 3.8) is 0 Å². The molecule has 8 heteroatoms. The molecule has 1 fully saturated rings. The van der Waals surface area contributed by atoms with Crippen LogP contribution in [0.15, 0.2) is 20.8 Å². The molecule has 0 unspecified atom stereocenters. The number of hydrogen-bond donors (Lipinski definition) is 3. The van der Waals surface area contributed by atoms with Crippen LogP contribution in [-0.4, -0.2) is 38.6 Å². The SMILES string of the molecule is O=c1[nH]c(=O)n([C@@H]2C[C@@H](O)[C@H](CO)[C@@H]2F)cc1/C=C/Br. The lowest BCUT2D eigenvalue weighted by molar-refractivity contribution is 0.0591. The Labute approximate surface area is 121 Å². The quantitative estimate of drug-likeness (QED) is 0.724. The summed E-state index contributed by atoms with van der Waals surface area (Å²) in [7, 11) is 0. The third-order valence-corrected chi connectivity index (χ3v) is 3.82. The largest absolute Gasteiger partial charge is 0.396 e. The lowest BCUT2D eigenvalue weighted by Crippen LogP contribution is -2.36. The van der Waals surface area contributed by atoms with Gasteiger partial charge in [0.2, 0.25) is 0 Å². The molecule has 20 heavy (non-hydrogen) atoms. The summed E-state index contributed by atoms with van der Waals surface area (Å²) in [6, 6.07) is -0.908. The molecular formula is C12H14BrFN2O4. The molecule has 2 rings (SSSR count). The van der Waals surface area contributed by atoms with Gasteiger partial charge in [-0.2, -0.15) is 0 Å². The summed E-state index contributed by atoms with van der Waals surface area (Å²) in [4.78, 5) is 26.9. The molecule has 6 nitrogen and oxygen atoms in total. The van der Waals surface area contributed by atoms with Crippen molar-refractivity contribution in [2.45, 2.75) is 24.7 Å². The van der Waals surface area contributed by atoms with E-state index in [9.17, 15) is 19.1 Å². The summed E-state index contributed by atoms with van der Waals surface area (Å²) >= 11 is 3.02. The van der Waals surface area contributed by atoms with Crippen molar-refractivity contribution in [1.29, 1.82) is 0 Å². The molecule has 110 valence electrons. The Hall–Kier alpha value is -1.25. The van der Waals surface area contributed by atoms with Crippen molar-refractivity contribution in [1.82, 2.24) is 9.55 Å². The number of halogens is 2. The van der Waals surface area contributed by atoms with Crippen molar-refractivity contribution in [2.24, 2.45) is 5.92 Å². The van der Waals surface area contributed by atoms with Crippen molar-refractivity contribution in [2.75, 3.05) is 6.61 Å². The van der Waals surface area contributed by atoms with Gasteiger partial charge in [-0.15, -0.1) is 0 Å². The molecule has 1 aliphatic rings. The Kier molecular flexibility index (Phi) is 4.56. The molecule has 1 saturated carbocycles. The fraction of sp³-hybridized carbons (Fsp3) is 0.500. The topological polar surface area (TPSA) is 95.3 Å². The van der Waals surface area contributed by atoms with Gasteiger partial charge in [0.1, 0.15) is 6.17 Å². The highest BCUT2D eigenvalue weighted by Crippen LogP contribution is 2.36. The minimum Gasteiger partial charge on any atom is -0.396 e. The maximum absolute atomic E-state index is 14.2. The lowest BCUT2D eigenvalue weighted by Gasteiger charge is -2.18. The van der Waals surface area contributed by atoms with Gasteiger partial charge < -0.3 is 10.2 Å². The summed E-state index contributed by atoms with van der Waals surface area (Å²) in [6.07, 6.45) is 0.114. The van der Waals surface area contributed by atoms with Gasteiger partial charge in [0.25, 0.3) is 5.56 Å². The van der Waals surface area contributed by atoms with Crippen LogP contribution < -0.4 is 11.2 Å². The number of nitrogens with zero attached hydrogens (tertiary/aromatic N) is 1. The van der Waals surface area contributed by atoms with Crippen LogP contribution in [0, 0.1) is 5.92 Å². The molecule has 1 aromatic rings. The number of nitrogens with one attached hydrogen (secondary N) is 1. The van der Waals surface area contributed by atoms with Crippen LogP contribution in [0.5, 0.6) is 0 Å². The number of aromatic amines is 1. The van der Waals surface area contributed by atoms with Crippen LogP contribution in [0.1, 0.15) is 18.0 Å². The first-order chi connectivity index (χ1) is 9.49. The van der Waals surface area contributed by atoms with E-state index in [1.165, 1.54) is 17.3 Å². The molecule has 4 atom stereocenters. The van der Waals surface area contributed by atoms with Crippen LogP contribution in [-0.2, 0) is 0 Å². The monoisotopic (exact) mass is 348 g/mol. The molecule has 0 radical (unpaired) electrons. The van der Waals surface area contributed by atoms with Gasteiger partial charge >= 0.3 is 5.69 Å². The Morgan fingerprint density at radius 2 is 2.25 bits per heavy atom. The molecular weight excluding hydrogens is 335 g/mol. The van der Waals surface area contributed by atoms with Crippen molar-refractivity contribution in [3.8, 4) is 0 Å². The Bertz CT molecular complexity index is 627. The summed E-state index contributed by atoms with van der Waals surface area (Å²) in [6.45, 7) is -0.495. The van der Waals surface area contributed by atoms with Gasteiger partial charge in [-0.05, 0) is 17.5 Å². The van der Waals surface area contributed by atoms with E-state index in [0.717, 1.165) is 4.57 Å². The maximum Gasteiger partial charge on any atom is 0.328 e. The van der Waals surface area contributed by atoms with E-state index < -0.39 is 42.1 Å². The summed E-state index contributed by atoms with van der Waals surface area (Å²) < 4.78 is 15.3. The number of aromatic nitrogens is 2. The average Bonchev–Trinajstić information content (AvgIpc) is 2.68. The smallest absolute Gasteiger partial charge is 0.328 e. The van der Waals surface area contributed by atoms with Crippen molar-refractivity contribution >= 4 is 22.0 Å². The molecule has 0 saturated heterocycles. The normalized spacial score (nSPS) is 30.2. The van der Waals surface area contributed by atoms with E-state index >= 15 is 0 Å². The van der Waals surface area contributed by atoms with Crippen molar-refractivity contribution < 1.29 is 14.6 Å². The van der Waals surface area contributed by atoms with Gasteiger partial charge in [-0.1, -0.05) is 15.9 Å². The maximum atomic E-state index is 14.2. The highest BCUT2D eigenvalue weighted by atomic mass is 79.9. The molecule has 0 bridgehead atoms. The van der Waals surface area contributed by atoms with Crippen molar-refractivity contribution in [3.05, 3.63) is 37.6 Å². The lowest BCUT2D eigenvalue weighted by atomic mass is 10.1. The number of hydrogen-bond acceptors (Lipinski definition) is 4. The van der Waals surface area contributed by atoms with Gasteiger partial charge in [0.15, 0.2) is 0 Å². The first-order valence-corrected chi connectivity index (χ1v) is 6.96. The van der Waals surface area contributed by atoms with Gasteiger partial charge in [-0.3, -0.25) is 14.3 Å². The molecule has 0 spiro atoms. The predicted molar refractivity (Wildman–Crippen MR) is 74.4 cm³/mol. The van der Waals surface area contributed by atoms with Gasteiger partial charge in [0.05, 0.1) is 24.3 Å². The number of aliphatic hydroxyl groups is 2. The first kappa shape index (κ1) is 15.1. The molecule has 0 aromatic carbocycles. The minimum absolute atomic E-state index is 0.00973. The summed E-state index contributed by atoms with van der Waals surface area (Å²) in [5.74, 6) is -0.922. The number of aliphatic hydroxyl groups excluding tert-OH is 2. The third-order valence-electron chi connectivity index (χ3n) is 3.56. The first-order valence-electron chi connectivity index (χ1n) is 6.04. The molecule has 1 aliphatic carbocycles. The fourth-order valence-corrected chi connectivity index (χ4v) is 2.76. The molecule has 1 aromatic heterocycles. The standard InChI is InChI=1S/C12H14BrFN2O4/c13-2-1-6-4-16(12(20)15-11(6)19)8-3-9(18)7(5-17)10(8)14/h1-2,4,7-10,17-18H,3,5H2,(H,15,19,20)/b2-1+/t7-,8+,9+,10-/m0/s1. The van der Waals surface area contributed by atoms with E-state index in [0.29, 0.717) is 0 Å². The fourth-order valence-electron chi connectivity index (χ4n) is 2.47. The van der Waals surface area contributed by atoms with Crippen LogP contribution in [0.4, 0.5) is 4.39 Å². The summed E-state index contributed by atoms with van der Waals surface area (Å²) in [5.41, 5.74) is -1.12.